The van der Waals surface area contributed by atoms with Gasteiger partial charge in [-0.2, -0.15) is 0 Å². The van der Waals surface area contributed by atoms with Gasteiger partial charge in [-0.3, -0.25) is 0 Å². The molecule has 1 fully saturated rings. The SMILES string of the molecule is c1ccc(-c2nnc(-c3ccccc3)c(N3CCCC3)n2)cc1. The summed E-state index contributed by atoms with van der Waals surface area (Å²) in [7, 11) is 0. The largest absolute Gasteiger partial charge is 0.355 e. The van der Waals surface area contributed by atoms with E-state index in [1.165, 1.54) is 12.8 Å². The van der Waals surface area contributed by atoms with Gasteiger partial charge in [0.1, 0.15) is 5.69 Å². The fourth-order valence-corrected chi connectivity index (χ4v) is 2.96. The molecule has 0 bridgehead atoms. The molecule has 0 spiro atoms. The zero-order valence-corrected chi connectivity index (χ0v) is 12.9. The lowest BCUT2D eigenvalue weighted by Gasteiger charge is -2.19. The van der Waals surface area contributed by atoms with Crippen molar-refractivity contribution >= 4 is 5.82 Å². The van der Waals surface area contributed by atoms with Crippen LogP contribution in [-0.2, 0) is 0 Å². The summed E-state index contributed by atoms with van der Waals surface area (Å²) in [6.07, 6.45) is 2.41. The highest BCUT2D eigenvalue weighted by Crippen LogP contribution is 2.30. The lowest BCUT2D eigenvalue weighted by atomic mass is 10.1. The maximum absolute atomic E-state index is 4.85. The van der Waals surface area contributed by atoms with E-state index >= 15 is 0 Å². The summed E-state index contributed by atoms with van der Waals surface area (Å²) in [4.78, 5) is 7.18. The molecule has 114 valence electrons. The van der Waals surface area contributed by atoms with Gasteiger partial charge < -0.3 is 4.90 Å². The Balaban J connectivity index is 1.83. The van der Waals surface area contributed by atoms with E-state index < -0.39 is 0 Å². The number of aromatic nitrogens is 3. The molecular formula is C19H18N4. The summed E-state index contributed by atoms with van der Waals surface area (Å²) < 4.78 is 0. The number of rotatable bonds is 3. The van der Waals surface area contributed by atoms with Crippen molar-refractivity contribution in [2.75, 3.05) is 18.0 Å². The third-order valence-electron chi connectivity index (χ3n) is 4.15. The molecule has 3 aromatic rings. The van der Waals surface area contributed by atoms with Gasteiger partial charge in [-0.05, 0) is 12.8 Å². The first-order chi connectivity index (χ1) is 11.4. The Kier molecular flexibility index (Phi) is 3.72. The summed E-state index contributed by atoms with van der Waals surface area (Å²) >= 11 is 0. The molecule has 23 heavy (non-hydrogen) atoms. The van der Waals surface area contributed by atoms with Crippen molar-refractivity contribution in [1.82, 2.24) is 15.2 Å². The maximum Gasteiger partial charge on any atom is 0.183 e. The Morgan fingerprint density at radius 3 is 1.96 bits per heavy atom. The quantitative estimate of drug-likeness (QED) is 0.738. The minimum absolute atomic E-state index is 0.687. The van der Waals surface area contributed by atoms with E-state index in [4.69, 9.17) is 4.98 Å². The molecule has 0 aliphatic carbocycles. The summed E-state index contributed by atoms with van der Waals surface area (Å²) in [5.41, 5.74) is 2.93. The predicted octanol–water partition coefficient (Wildman–Crippen LogP) is 3.81. The van der Waals surface area contributed by atoms with Crippen LogP contribution in [0.15, 0.2) is 60.7 Å². The van der Waals surface area contributed by atoms with Crippen LogP contribution in [-0.4, -0.2) is 28.3 Å². The molecule has 0 unspecified atom stereocenters. The van der Waals surface area contributed by atoms with E-state index in [1.807, 2.05) is 48.5 Å². The van der Waals surface area contributed by atoms with Gasteiger partial charge in [0.2, 0.25) is 0 Å². The highest BCUT2D eigenvalue weighted by molar-refractivity contribution is 5.73. The smallest absolute Gasteiger partial charge is 0.183 e. The summed E-state index contributed by atoms with van der Waals surface area (Å²) in [6.45, 7) is 2.07. The summed E-state index contributed by atoms with van der Waals surface area (Å²) in [6, 6.07) is 20.2. The lowest BCUT2D eigenvalue weighted by molar-refractivity contribution is 0.896. The topological polar surface area (TPSA) is 41.9 Å². The predicted molar refractivity (Wildman–Crippen MR) is 92.1 cm³/mol. The zero-order valence-electron chi connectivity index (χ0n) is 12.9. The van der Waals surface area contributed by atoms with Crippen LogP contribution in [0, 0.1) is 0 Å². The molecule has 0 atom stereocenters. The molecule has 0 saturated carbocycles. The van der Waals surface area contributed by atoms with Gasteiger partial charge in [0.05, 0.1) is 0 Å². The van der Waals surface area contributed by atoms with Gasteiger partial charge in [0.15, 0.2) is 11.6 Å². The van der Waals surface area contributed by atoms with Gasteiger partial charge in [0, 0.05) is 24.2 Å². The van der Waals surface area contributed by atoms with Crippen molar-refractivity contribution < 1.29 is 0 Å². The molecule has 1 aliphatic heterocycles. The van der Waals surface area contributed by atoms with Gasteiger partial charge in [-0.15, -0.1) is 10.2 Å². The van der Waals surface area contributed by atoms with Crippen LogP contribution in [0.4, 0.5) is 5.82 Å². The van der Waals surface area contributed by atoms with Crippen LogP contribution in [0.3, 0.4) is 0 Å². The van der Waals surface area contributed by atoms with Gasteiger partial charge >= 0.3 is 0 Å². The van der Waals surface area contributed by atoms with E-state index in [9.17, 15) is 0 Å². The summed E-state index contributed by atoms with van der Waals surface area (Å²) in [5.74, 6) is 1.63. The van der Waals surface area contributed by atoms with Crippen molar-refractivity contribution in [2.45, 2.75) is 12.8 Å². The zero-order chi connectivity index (χ0) is 15.5. The monoisotopic (exact) mass is 302 g/mol. The van der Waals surface area contributed by atoms with Gasteiger partial charge in [-0.25, -0.2) is 4.98 Å². The van der Waals surface area contributed by atoms with E-state index in [-0.39, 0.29) is 0 Å². The molecule has 4 nitrogen and oxygen atoms in total. The van der Waals surface area contributed by atoms with Gasteiger partial charge in [0.25, 0.3) is 0 Å². The average molecular weight is 302 g/mol. The van der Waals surface area contributed by atoms with Crippen molar-refractivity contribution in [1.29, 1.82) is 0 Å². The molecule has 2 heterocycles. The molecular weight excluding hydrogens is 284 g/mol. The highest BCUT2D eigenvalue weighted by atomic mass is 15.3. The second kappa shape index (κ2) is 6.16. The number of nitrogens with zero attached hydrogens (tertiary/aromatic N) is 4. The molecule has 0 radical (unpaired) electrons. The van der Waals surface area contributed by atoms with Crippen LogP contribution in [0.25, 0.3) is 22.6 Å². The normalized spacial score (nSPS) is 14.2. The lowest BCUT2D eigenvalue weighted by Crippen LogP contribution is -2.21. The first-order valence-corrected chi connectivity index (χ1v) is 8.02. The summed E-state index contributed by atoms with van der Waals surface area (Å²) in [5, 5.41) is 8.89. The average Bonchev–Trinajstić information content (AvgIpc) is 3.17. The molecule has 0 amide bonds. The van der Waals surface area contributed by atoms with Crippen molar-refractivity contribution in [3.8, 4) is 22.6 Å². The van der Waals surface area contributed by atoms with Crippen molar-refractivity contribution in [3.05, 3.63) is 60.7 Å². The second-order valence-electron chi connectivity index (χ2n) is 5.73. The molecule has 2 aromatic carbocycles. The van der Waals surface area contributed by atoms with E-state index in [2.05, 4.69) is 27.2 Å². The van der Waals surface area contributed by atoms with Crippen LogP contribution < -0.4 is 4.90 Å². The number of hydrogen-bond acceptors (Lipinski definition) is 4. The third-order valence-corrected chi connectivity index (χ3v) is 4.15. The Bertz CT molecular complexity index is 781. The Labute approximate surface area is 135 Å². The van der Waals surface area contributed by atoms with Gasteiger partial charge in [-0.1, -0.05) is 60.7 Å². The van der Waals surface area contributed by atoms with Crippen molar-refractivity contribution in [3.63, 3.8) is 0 Å². The minimum Gasteiger partial charge on any atom is -0.355 e. The Hall–Kier alpha value is -2.75. The van der Waals surface area contributed by atoms with E-state index in [0.717, 1.165) is 35.7 Å². The maximum atomic E-state index is 4.85. The molecule has 4 rings (SSSR count). The standard InChI is InChI=1S/C19H18N4/c1-3-9-15(10-4-1)17-19(23-13-7-8-14-23)20-18(22-21-17)16-11-5-2-6-12-16/h1-6,9-12H,7-8,13-14H2. The fourth-order valence-electron chi connectivity index (χ4n) is 2.96. The molecule has 4 heteroatoms. The van der Waals surface area contributed by atoms with E-state index in [0.29, 0.717) is 5.82 Å². The second-order valence-corrected chi connectivity index (χ2v) is 5.73. The number of hydrogen-bond donors (Lipinski definition) is 0. The Morgan fingerprint density at radius 2 is 1.30 bits per heavy atom. The first-order valence-electron chi connectivity index (χ1n) is 8.02. The highest BCUT2D eigenvalue weighted by Gasteiger charge is 2.21. The van der Waals surface area contributed by atoms with Crippen LogP contribution in [0.2, 0.25) is 0 Å². The first kappa shape index (κ1) is 13.9. The van der Waals surface area contributed by atoms with Crippen molar-refractivity contribution in [2.24, 2.45) is 0 Å². The Morgan fingerprint density at radius 1 is 0.696 bits per heavy atom. The third kappa shape index (κ3) is 2.80. The van der Waals surface area contributed by atoms with E-state index in [1.54, 1.807) is 0 Å². The van der Waals surface area contributed by atoms with Crippen LogP contribution in [0.1, 0.15) is 12.8 Å². The molecule has 1 aliphatic rings. The molecule has 1 saturated heterocycles. The number of benzene rings is 2. The minimum atomic E-state index is 0.687. The molecule has 0 N–H and O–H groups in total. The van der Waals surface area contributed by atoms with Crippen LogP contribution in [0.5, 0.6) is 0 Å². The number of anilines is 1. The fraction of sp³-hybridized carbons (Fsp3) is 0.211. The molecule has 1 aromatic heterocycles. The van der Waals surface area contributed by atoms with Crippen LogP contribution >= 0.6 is 0 Å².